The summed E-state index contributed by atoms with van der Waals surface area (Å²) in [6.07, 6.45) is 3.00. The molecule has 0 unspecified atom stereocenters. The molecule has 3 heterocycles. The van der Waals surface area contributed by atoms with Gasteiger partial charge in [0.05, 0.1) is 12.3 Å². The fraction of sp³-hybridized carbons (Fsp3) is 0.364. The molecule has 110 valence electrons. The molecule has 1 N–H and O–H groups in total. The van der Waals surface area contributed by atoms with Crippen LogP contribution in [0.4, 0.5) is 5.88 Å². The van der Waals surface area contributed by atoms with Crippen molar-refractivity contribution in [2.24, 2.45) is 5.10 Å². The summed E-state index contributed by atoms with van der Waals surface area (Å²) in [6.45, 7) is 0.679. The van der Waals surface area contributed by atoms with Crippen molar-refractivity contribution in [2.75, 3.05) is 6.61 Å². The predicted molar refractivity (Wildman–Crippen MR) is 73.7 cm³/mol. The first kappa shape index (κ1) is 13.6. The van der Waals surface area contributed by atoms with E-state index in [9.17, 15) is 10.1 Å². The molecule has 21 heavy (non-hydrogen) atoms. The van der Waals surface area contributed by atoms with Gasteiger partial charge in [-0.3, -0.25) is 15.2 Å². The van der Waals surface area contributed by atoms with Crippen LogP contribution < -0.4 is 0 Å². The summed E-state index contributed by atoms with van der Waals surface area (Å²) in [6, 6.07) is 2.72. The highest BCUT2D eigenvalue weighted by Gasteiger charge is 2.23. The van der Waals surface area contributed by atoms with Gasteiger partial charge in [-0.25, -0.2) is 0 Å². The highest BCUT2D eigenvalue weighted by Crippen LogP contribution is 2.27. The number of nitrogens with one attached hydrogen (secondary N) is 1. The summed E-state index contributed by atoms with van der Waals surface area (Å²) in [4.78, 5) is 9.93. The van der Waals surface area contributed by atoms with E-state index in [4.69, 9.17) is 21.4 Å². The quantitative estimate of drug-likeness (QED) is 0.401. The average molecular weight is 309 g/mol. The standard InChI is InChI=1S/C11H11N5O4S/c17-16(18)9-4-3-7(20-9)6-12-15-10(13-14-11(15)21)8-2-1-5-19-8/h3-4,6,8H,1-2,5H2,(H,14,21)/b12-6-/t8-/m1/s1. The van der Waals surface area contributed by atoms with Gasteiger partial charge in [-0.05, 0) is 31.1 Å². The van der Waals surface area contributed by atoms with Crippen LogP contribution >= 0.6 is 12.2 Å². The molecule has 1 atom stereocenters. The molecule has 10 heteroatoms. The molecule has 0 saturated carbocycles. The van der Waals surface area contributed by atoms with E-state index in [2.05, 4.69) is 15.3 Å². The Morgan fingerprint density at radius 1 is 1.62 bits per heavy atom. The van der Waals surface area contributed by atoms with Crippen molar-refractivity contribution < 1.29 is 14.1 Å². The van der Waals surface area contributed by atoms with E-state index in [1.54, 1.807) is 0 Å². The lowest BCUT2D eigenvalue weighted by Crippen LogP contribution is -2.05. The second-order valence-electron chi connectivity index (χ2n) is 4.38. The van der Waals surface area contributed by atoms with Crippen molar-refractivity contribution in [2.45, 2.75) is 18.9 Å². The van der Waals surface area contributed by atoms with Crippen LogP contribution in [0.1, 0.15) is 30.5 Å². The van der Waals surface area contributed by atoms with Crippen LogP contribution in [0.2, 0.25) is 0 Å². The maximum Gasteiger partial charge on any atom is 0.433 e. The summed E-state index contributed by atoms with van der Waals surface area (Å²) in [7, 11) is 0. The van der Waals surface area contributed by atoms with E-state index in [0.29, 0.717) is 17.2 Å². The summed E-state index contributed by atoms with van der Waals surface area (Å²) < 4.78 is 12.3. The van der Waals surface area contributed by atoms with Crippen molar-refractivity contribution in [3.8, 4) is 0 Å². The second-order valence-corrected chi connectivity index (χ2v) is 4.76. The van der Waals surface area contributed by atoms with Crippen LogP contribution in [0.5, 0.6) is 0 Å². The van der Waals surface area contributed by atoms with Gasteiger partial charge in [-0.2, -0.15) is 14.9 Å². The maximum absolute atomic E-state index is 10.5. The second kappa shape index (κ2) is 5.58. The Morgan fingerprint density at radius 2 is 2.48 bits per heavy atom. The first-order chi connectivity index (χ1) is 10.1. The van der Waals surface area contributed by atoms with Crippen molar-refractivity contribution >= 4 is 24.3 Å². The number of ether oxygens (including phenoxy) is 1. The Morgan fingerprint density at radius 3 is 3.14 bits per heavy atom. The molecule has 0 amide bonds. The first-order valence-corrected chi connectivity index (χ1v) is 6.63. The van der Waals surface area contributed by atoms with E-state index < -0.39 is 4.92 Å². The topological polar surface area (TPSA) is 111 Å². The molecule has 3 rings (SSSR count). The zero-order valence-electron chi connectivity index (χ0n) is 10.8. The van der Waals surface area contributed by atoms with Gasteiger partial charge >= 0.3 is 5.88 Å². The predicted octanol–water partition coefficient (Wildman–Crippen LogP) is 2.18. The number of nitrogens with zero attached hydrogens (tertiary/aromatic N) is 4. The molecule has 0 spiro atoms. The van der Waals surface area contributed by atoms with E-state index in [1.165, 1.54) is 23.0 Å². The first-order valence-electron chi connectivity index (χ1n) is 6.22. The van der Waals surface area contributed by atoms with Gasteiger partial charge in [0.2, 0.25) is 4.77 Å². The van der Waals surface area contributed by atoms with E-state index in [1.807, 2.05) is 0 Å². The fourth-order valence-corrected chi connectivity index (χ4v) is 2.22. The van der Waals surface area contributed by atoms with E-state index in [-0.39, 0.29) is 17.7 Å². The van der Waals surface area contributed by atoms with Crippen LogP contribution in [0.15, 0.2) is 21.7 Å². The van der Waals surface area contributed by atoms with E-state index in [0.717, 1.165) is 12.8 Å². The molecule has 0 radical (unpaired) electrons. The number of H-pyrrole nitrogens is 1. The smallest absolute Gasteiger partial charge is 0.400 e. The molecular formula is C11H11N5O4S. The molecule has 2 aromatic heterocycles. The minimum absolute atomic E-state index is 0.152. The van der Waals surface area contributed by atoms with Crippen molar-refractivity contribution in [1.82, 2.24) is 14.9 Å². The van der Waals surface area contributed by atoms with Gasteiger partial charge in [0, 0.05) is 6.61 Å². The fourth-order valence-electron chi connectivity index (χ4n) is 2.03. The Balaban J connectivity index is 1.86. The van der Waals surface area contributed by atoms with Gasteiger partial charge in [0.15, 0.2) is 11.6 Å². The summed E-state index contributed by atoms with van der Waals surface area (Å²) in [5.74, 6) is 0.490. The molecule has 1 saturated heterocycles. The molecule has 1 aliphatic heterocycles. The van der Waals surface area contributed by atoms with Crippen LogP contribution in [-0.4, -0.2) is 32.6 Å². The zero-order valence-corrected chi connectivity index (χ0v) is 11.6. The number of aromatic amines is 1. The lowest BCUT2D eigenvalue weighted by Gasteiger charge is -2.06. The molecule has 0 aliphatic carbocycles. The molecule has 9 nitrogen and oxygen atoms in total. The van der Waals surface area contributed by atoms with Crippen molar-refractivity contribution in [3.63, 3.8) is 0 Å². The molecule has 0 bridgehead atoms. The number of furan rings is 1. The van der Waals surface area contributed by atoms with Gasteiger partial charge in [-0.15, -0.1) is 0 Å². The van der Waals surface area contributed by atoms with Gasteiger partial charge in [0.1, 0.15) is 11.0 Å². The summed E-state index contributed by atoms with van der Waals surface area (Å²) >= 11 is 5.11. The van der Waals surface area contributed by atoms with Crippen LogP contribution in [0.3, 0.4) is 0 Å². The molecule has 1 aliphatic rings. The zero-order chi connectivity index (χ0) is 14.8. The number of nitro groups is 1. The third kappa shape index (κ3) is 2.76. The van der Waals surface area contributed by atoms with Gasteiger partial charge < -0.3 is 9.15 Å². The van der Waals surface area contributed by atoms with Gasteiger partial charge in [-0.1, -0.05) is 0 Å². The lowest BCUT2D eigenvalue weighted by atomic mass is 10.2. The van der Waals surface area contributed by atoms with Crippen LogP contribution in [-0.2, 0) is 4.74 Å². The Kier molecular flexibility index (Phi) is 3.62. The monoisotopic (exact) mass is 309 g/mol. The number of rotatable bonds is 4. The third-order valence-corrected chi connectivity index (χ3v) is 3.25. The number of aromatic nitrogens is 3. The third-order valence-electron chi connectivity index (χ3n) is 2.99. The minimum Gasteiger partial charge on any atom is -0.400 e. The highest BCUT2D eigenvalue weighted by atomic mass is 32.1. The van der Waals surface area contributed by atoms with Crippen molar-refractivity contribution in [3.05, 3.63) is 38.6 Å². The number of hydrogen-bond donors (Lipinski definition) is 1. The highest BCUT2D eigenvalue weighted by molar-refractivity contribution is 7.71. The summed E-state index contributed by atoms with van der Waals surface area (Å²) in [5, 5.41) is 21.5. The minimum atomic E-state index is -0.612. The van der Waals surface area contributed by atoms with Gasteiger partial charge in [0.25, 0.3) is 0 Å². The molecular weight excluding hydrogens is 298 g/mol. The Hall–Kier alpha value is -2.33. The molecule has 0 aromatic carbocycles. The lowest BCUT2D eigenvalue weighted by molar-refractivity contribution is -0.402. The SMILES string of the molecule is O=[N+]([O-])c1ccc(/C=N\n2c([C@H]3CCCO3)n[nH]c2=S)o1. The van der Waals surface area contributed by atoms with E-state index >= 15 is 0 Å². The largest absolute Gasteiger partial charge is 0.433 e. The normalized spacial score (nSPS) is 18.6. The Bertz CT molecular complexity index is 740. The maximum atomic E-state index is 10.5. The van der Waals surface area contributed by atoms with Crippen LogP contribution in [0.25, 0.3) is 0 Å². The molecule has 1 fully saturated rings. The van der Waals surface area contributed by atoms with Crippen molar-refractivity contribution in [1.29, 1.82) is 0 Å². The summed E-state index contributed by atoms with van der Waals surface area (Å²) in [5.41, 5.74) is 0. The Labute approximate surface area is 123 Å². The average Bonchev–Trinajstić information content (AvgIpc) is 3.17. The number of hydrogen-bond acceptors (Lipinski definition) is 7. The molecule has 2 aromatic rings. The van der Waals surface area contributed by atoms with Crippen LogP contribution in [0, 0.1) is 14.9 Å².